The van der Waals surface area contributed by atoms with E-state index in [0.29, 0.717) is 15.9 Å². The van der Waals surface area contributed by atoms with E-state index in [4.69, 9.17) is 17.3 Å². The van der Waals surface area contributed by atoms with E-state index in [9.17, 15) is 18.8 Å². The Hall–Kier alpha value is -4.31. The minimum absolute atomic E-state index is 0.0879. The standard InChI is InChI=1S/C27H24ClFN6O3/c28-19-3-1-2-16(8-19)11-31-27(38)24-10-20(29)13-35(24)25(36)15-34-14-22(26(30)37)21-9-17(4-5-23(21)34)18-6-7-32-33-12-18/h1-9,12,14,20,24H,10-11,13,15H2,(H2,30,37)(H,31,38)/t20-,24+/m1/s1. The molecular weight excluding hydrogens is 511 g/mol. The van der Waals surface area contributed by atoms with Crippen LogP contribution in [0.3, 0.4) is 0 Å². The molecule has 3 heterocycles. The number of aromatic nitrogens is 3. The Morgan fingerprint density at radius 2 is 1.95 bits per heavy atom. The fraction of sp³-hybridized carbons (Fsp3) is 0.222. The molecule has 2 atom stereocenters. The molecule has 11 heteroatoms. The zero-order valence-electron chi connectivity index (χ0n) is 20.2. The number of primary amides is 1. The van der Waals surface area contributed by atoms with Crippen LogP contribution in [0, 0.1) is 0 Å². The summed E-state index contributed by atoms with van der Waals surface area (Å²) in [6, 6.07) is 13.3. The predicted molar refractivity (Wildman–Crippen MR) is 140 cm³/mol. The number of halogens is 2. The number of carbonyl (C=O) groups excluding carboxylic acids is 3. The number of benzene rings is 2. The largest absolute Gasteiger partial charge is 0.366 e. The molecule has 0 spiro atoms. The van der Waals surface area contributed by atoms with Gasteiger partial charge in [0.25, 0.3) is 5.91 Å². The van der Waals surface area contributed by atoms with E-state index in [2.05, 4.69) is 15.5 Å². The van der Waals surface area contributed by atoms with E-state index in [-0.39, 0.29) is 31.6 Å². The van der Waals surface area contributed by atoms with Gasteiger partial charge in [-0.05, 0) is 41.5 Å². The molecule has 0 bridgehead atoms. The molecule has 2 aromatic carbocycles. The third kappa shape index (κ3) is 5.21. The van der Waals surface area contributed by atoms with Crippen LogP contribution in [-0.4, -0.2) is 56.1 Å². The summed E-state index contributed by atoms with van der Waals surface area (Å²) in [4.78, 5) is 39.7. The second-order valence-corrected chi connectivity index (χ2v) is 9.58. The minimum Gasteiger partial charge on any atom is -0.366 e. The molecule has 0 radical (unpaired) electrons. The van der Waals surface area contributed by atoms with Gasteiger partial charge in [0, 0.05) is 40.7 Å². The number of hydrogen-bond acceptors (Lipinski definition) is 5. The van der Waals surface area contributed by atoms with Crippen LogP contribution in [0.25, 0.3) is 22.0 Å². The number of hydrogen-bond donors (Lipinski definition) is 2. The van der Waals surface area contributed by atoms with Gasteiger partial charge in [-0.3, -0.25) is 14.4 Å². The average Bonchev–Trinajstić information content (AvgIpc) is 3.48. The van der Waals surface area contributed by atoms with Crippen LogP contribution in [0.15, 0.2) is 67.1 Å². The van der Waals surface area contributed by atoms with Gasteiger partial charge in [-0.2, -0.15) is 10.2 Å². The number of amides is 3. The number of likely N-dealkylation sites (tertiary alicyclic amines) is 1. The van der Waals surface area contributed by atoms with Gasteiger partial charge >= 0.3 is 0 Å². The highest BCUT2D eigenvalue weighted by molar-refractivity contribution is 6.30. The van der Waals surface area contributed by atoms with E-state index < -0.39 is 29.9 Å². The van der Waals surface area contributed by atoms with Crippen LogP contribution in [0.2, 0.25) is 5.02 Å². The fourth-order valence-electron chi connectivity index (χ4n) is 4.76. The van der Waals surface area contributed by atoms with Crippen LogP contribution < -0.4 is 11.1 Å². The maximum Gasteiger partial charge on any atom is 0.250 e. The molecule has 0 aliphatic carbocycles. The van der Waals surface area contributed by atoms with Crippen LogP contribution >= 0.6 is 11.6 Å². The van der Waals surface area contributed by atoms with Crippen molar-refractivity contribution in [1.29, 1.82) is 0 Å². The lowest BCUT2D eigenvalue weighted by Crippen LogP contribution is -2.46. The minimum atomic E-state index is -1.32. The number of carbonyl (C=O) groups is 3. The monoisotopic (exact) mass is 534 g/mol. The predicted octanol–water partition coefficient (Wildman–Crippen LogP) is 3.11. The summed E-state index contributed by atoms with van der Waals surface area (Å²) in [6.07, 6.45) is 3.27. The van der Waals surface area contributed by atoms with Gasteiger partial charge in [0.1, 0.15) is 18.8 Å². The van der Waals surface area contributed by atoms with E-state index in [1.54, 1.807) is 53.4 Å². The highest BCUT2D eigenvalue weighted by atomic mass is 35.5. The highest BCUT2D eigenvalue weighted by Gasteiger charge is 2.39. The van der Waals surface area contributed by atoms with Crippen molar-refractivity contribution < 1.29 is 18.8 Å². The molecule has 1 saturated heterocycles. The van der Waals surface area contributed by atoms with Crippen molar-refractivity contribution >= 4 is 40.2 Å². The van der Waals surface area contributed by atoms with Crippen LogP contribution in [0.1, 0.15) is 22.3 Å². The van der Waals surface area contributed by atoms with Gasteiger partial charge in [0.2, 0.25) is 11.8 Å². The van der Waals surface area contributed by atoms with Crippen molar-refractivity contribution in [2.75, 3.05) is 6.54 Å². The first kappa shape index (κ1) is 25.3. The molecular formula is C27H24ClFN6O3. The SMILES string of the molecule is NC(=O)c1cn(CC(=O)N2C[C@H](F)C[C@H]2C(=O)NCc2cccc(Cl)c2)c2ccc(-c3ccnnc3)cc12. The van der Waals surface area contributed by atoms with Crippen molar-refractivity contribution in [3.63, 3.8) is 0 Å². The Labute approximate surface area is 222 Å². The van der Waals surface area contributed by atoms with Crippen LogP contribution in [0.5, 0.6) is 0 Å². The molecule has 194 valence electrons. The Balaban J connectivity index is 1.36. The van der Waals surface area contributed by atoms with Gasteiger partial charge in [-0.15, -0.1) is 0 Å². The molecule has 4 aromatic rings. The van der Waals surface area contributed by atoms with Crippen molar-refractivity contribution in [2.24, 2.45) is 5.73 Å². The number of alkyl halides is 1. The summed E-state index contributed by atoms with van der Waals surface area (Å²) < 4.78 is 16.0. The molecule has 0 unspecified atom stereocenters. The molecule has 1 fully saturated rings. The Morgan fingerprint density at radius 1 is 1.11 bits per heavy atom. The zero-order chi connectivity index (χ0) is 26.8. The number of nitrogens with two attached hydrogens (primary N) is 1. The van der Waals surface area contributed by atoms with Crippen LogP contribution in [-0.2, 0) is 22.7 Å². The average molecular weight is 535 g/mol. The lowest BCUT2D eigenvalue weighted by molar-refractivity contribution is -0.139. The number of nitrogens with zero attached hydrogens (tertiary/aromatic N) is 4. The number of fused-ring (bicyclic) bond motifs is 1. The molecule has 1 aliphatic heterocycles. The number of nitrogens with one attached hydrogen (secondary N) is 1. The smallest absolute Gasteiger partial charge is 0.250 e. The first-order valence-electron chi connectivity index (χ1n) is 12.0. The maximum atomic E-state index is 14.4. The Bertz CT molecular complexity index is 1530. The molecule has 2 aromatic heterocycles. The Kier molecular flexibility index (Phi) is 7.06. The second kappa shape index (κ2) is 10.6. The summed E-state index contributed by atoms with van der Waals surface area (Å²) >= 11 is 6.00. The third-order valence-corrected chi connectivity index (χ3v) is 6.83. The molecule has 0 saturated carbocycles. The first-order valence-corrected chi connectivity index (χ1v) is 12.3. The summed E-state index contributed by atoms with van der Waals surface area (Å²) in [5, 5.41) is 11.5. The molecule has 9 nitrogen and oxygen atoms in total. The first-order chi connectivity index (χ1) is 18.3. The van der Waals surface area contributed by atoms with Crippen molar-refractivity contribution in [2.45, 2.75) is 31.7 Å². The topological polar surface area (TPSA) is 123 Å². The van der Waals surface area contributed by atoms with Gasteiger partial charge in [0.05, 0.1) is 24.5 Å². The quantitative estimate of drug-likeness (QED) is 0.377. The molecule has 3 amide bonds. The Morgan fingerprint density at radius 3 is 2.68 bits per heavy atom. The number of rotatable bonds is 7. The summed E-state index contributed by atoms with van der Waals surface area (Å²) in [5.41, 5.74) is 8.88. The third-order valence-electron chi connectivity index (χ3n) is 6.60. The van der Waals surface area contributed by atoms with Gasteiger partial charge in [0.15, 0.2) is 0 Å². The van der Waals surface area contributed by atoms with E-state index >= 15 is 0 Å². The van der Waals surface area contributed by atoms with Crippen LogP contribution in [0.4, 0.5) is 4.39 Å². The van der Waals surface area contributed by atoms with Crippen molar-refractivity contribution in [3.8, 4) is 11.1 Å². The van der Waals surface area contributed by atoms with E-state index in [0.717, 1.165) is 16.7 Å². The highest BCUT2D eigenvalue weighted by Crippen LogP contribution is 2.28. The van der Waals surface area contributed by atoms with Gasteiger partial charge in [-0.25, -0.2) is 4.39 Å². The van der Waals surface area contributed by atoms with Gasteiger partial charge in [-0.1, -0.05) is 29.8 Å². The summed E-state index contributed by atoms with van der Waals surface area (Å²) in [5.74, 6) is -1.53. The second-order valence-electron chi connectivity index (χ2n) is 9.14. The fourth-order valence-corrected chi connectivity index (χ4v) is 4.98. The lowest BCUT2D eigenvalue weighted by Gasteiger charge is -2.24. The molecule has 38 heavy (non-hydrogen) atoms. The maximum absolute atomic E-state index is 14.4. The molecule has 5 rings (SSSR count). The van der Waals surface area contributed by atoms with Gasteiger partial charge < -0.3 is 20.5 Å². The normalized spacial score (nSPS) is 17.1. The van der Waals surface area contributed by atoms with E-state index in [1.807, 2.05) is 12.1 Å². The van der Waals surface area contributed by atoms with Crippen molar-refractivity contribution in [1.82, 2.24) is 25.0 Å². The molecule has 1 aliphatic rings. The zero-order valence-corrected chi connectivity index (χ0v) is 20.9. The lowest BCUT2D eigenvalue weighted by atomic mass is 10.0. The van der Waals surface area contributed by atoms with Crippen molar-refractivity contribution in [3.05, 3.63) is 83.3 Å². The summed E-state index contributed by atoms with van der Waals surface area (Å²) in [7, 11) is 0. The molecule has 3 N–H and O–H groups in total. The summed E-state index contributed by atoms with van der Waals surface area (Å²) in [6.45, 7) is -0.172. The van der Waals surface area contributed by atoms with E-state index in [1.165, 1.54) is 11.1 Å².